The lowest BCUT2D eigenvalue weighted by molar-refractivity contribution is -0.137. The summed E-state index contributed by atoms with van der Waals surface area (Å²) in [4.78, 5) is 10.0. The number of rotatable bonds is 5. The molecule has 0 aliphatic carbocycles. The molecule has 0 aromatic rings. The second-order valence-electron chi connectivity index (χ2n) is 2.17. The molecular weight excluding hydrogens is 128 g/mol. The van der Waals surface area contributed by atoms with Crippen LogP contribution < -0.4 is 0 Å². The highest BCUT2D eigenvalue weighted by Gasteiger charge is 1.92. The first kappa shape index (κ1) is 9.21. The fourth-order valence-electron chi connectivity index (χ4n) is 0.656. The number of aliphatic carboxylic acids is 1. The van der Waals surface area contributed by atoms with E-state index in [4.69, 9.17) is 5.11 Å². The Labute approximate surface area is 61.6 Å². The van der Waals surface area contributed by atoms with Gasteiger partial charge in [0.15, 0.2) is 0 Å². The van der Waals surface area contributed by atoms with Gasteiger partial charge >= 0.3 is 5.97 Å². The maximum absolute atomic E-state index is 10.0. The molecule has 0 rings (SSSR count). The lowest BCUT2D eigenvalue weighted by Gasteiger charge is -1.88. The van der Waals surface area contributed by atoms with Crippen LogP contribution >= 0.6 is 0 Å². The molecule has 2 nitrogen and oxygen atoms in total. The van der Waals surface area contributed by atoms with E-state index in [9.17, 15) is 4.79 Å². The largest absolute Gasteiger partial charge is 0.481 e. The van der Waals surface area contributed by atoms with Crippen LogP contribution in [0.15, 0.2) is 12.2 Å². The maximum atomic E-state index is 10.0. The van der Waals surface area contributed by atoms with Crippen molar-refractivity contribution < 1.29 is 9.90 Å². The predicted molar refractivity (Wildman–Crippen MR) is 40.9 cm³/mol. The lowest BCUT2D eigenvalue weighted by Crippen LogP contribution is -1.92. The van der Waals surface area contributed by atoms with Crippen LogP contribution in [0.2, 0.25) is 0 Å². The van der Waals surface area contributed by atoms with Gasteiger partial charge in [-0.15, -0.1) is 0 Å². The van der Waals surface area contributed by atoms with Crippen LogP contribution in [0.5, 0.6) is 0 Å². The first-order valence-electron chi connectivity index (χ1n) is 3.64. The van der Waals surface area contributed by atoms with Crippen molar-refractivity contribution in [2.75, 3.05) is 0 Å². The Hall–Kier alpha value is -0.790. The zero-order valence-corrected chi connectivity index (χ0v) is 6.34. The molecule has 0 aromatic carbocycles. The number of allylic oxidation sites excluding steroid dienone is 2. The molecule has 0 bridgehead atoms. The summed E-state index contributed by atoms with van der Waals surface area (Å²) >= 11 is 0. The van der Waals surface area contributed by atoms with Gasteiger partial charge in [-0.1, -0.05) is 19.1 Å². The minimum Gasteiger partial charge on any atom is -0.481 e. The fraction of sp³-hybridized carbons (Fsp3) is 0.625. The zero-order valence-electron chi connectivity index (χ0n) is 6.34. The molecule has 0 saturated carbocycles. The normalized spacial score (nSPS) is 10.5. The summed E-state index contributed by atoms with van der Waals surface area (Å²) in [5.41, 5.74) is 0. The van der Waals surface area contributed by atoms with Gasteiger partial charge in [-0.3, -0.25) is 4.79 Å². The lowest BCUT2D eigenvalue weighted by atomic mass is 10.2. The summed E-state index contributed by atoms with van der Waals surface area (Å²) in [6.07, 6.45) is 7.05. The van der Waals surface area contributed by atoms with Crippen molar-refractivity contribution in [3.8, 4) is 0 Å². The fourth-order valence-corrected chi connectivity index (χ4v) is 0.656. The first-order valence-corrected chi connectivity index (χ1v) is 3.64. The van der Waals surface area contributed by atoms with Crippen LogP contribution in [0.3, 0.4) is 0 Å². The van der Waals surface area contributed by atoms with Crippen LogP contribution in [0.1, 0.15) is 32.6 Å². The molecule has 0 aromatic heterocycles. The summed E-state index contributed by atoms with van der Waals surface area (Å²) < 4.78 is 0. The summed E-state index contributed by atoms with van der Waals surface area (Å²) in [7, 11) is 0. The van der Waals surface area contributed by atoms with Crippen molar-refractivity contribution in [3.63, 3.8) is 0 Å². The molecule has 0 atom stereocenters. The van der Waals surface area contributed by atoms with Crippen molar-refractivity contribution in [2.24, 2.45) is 0 Å². The second-order valence-corrected chi connectivity index (χ2v) is 2.17. The molecule has 10 heavy (non-hydrogen) atoms. The van der Waals surface area contributed by atoms with Gasteiger partial charge in [-0.05, 0) is 19.3 Å². The van der Waals surface area contributed by atoms with Gasteiger partial charge in [0.2, 0.25) is 0 Å². The van der Waals surface area contributed by atoms with Crippen molar-refractivity contribution >= 4 is 5.97 Å². The Morgan fingerprint density at radius 1 is 1.50 bits per heavy atom. The van der Waals surface area contributed by atoms with E-state index in [0.29, 0.717) is 0 Å². The average molecular weight is 142 g/mol. The van der Waals surface area contributed by atoms with E-state index < -0.39 is 5.97 Å². The van der Waals surface area contributed by atoms with Crippen LogP contribution in [-0.4, -0.2) is 11.1 Å². The third-order valence-corrected chi connectivity index (χ3v) is 1.16. The van der Waals surface area contributed by atoms with Crippen LogP contribution in [-0.2, 0) is 4.79 Å². The van der Waals surface area contributed by atoms with Crippen LogP contribution in [0.4, 0.5) is 0 Å². The standard InChI is InChI=1S/C8H14O2/c1-2-3-4-5-6-7-8(9)10/h3-4H,2,5-7H2,1H3,(H,9,10)/b4-3-. The maximum Gasteiger partial charge on any atom is 0.303 e. The Balaban J connectivity index is 3.05. The van der Waals surface area contributed by atoms with E-state index in [1.54, 1.807) is 0 Å². The van der Waals surface area contributed by atoms with E-state index in [1.807, 2.05) is 6.08 Å². The molecule has 0 amide bonds. The molecule has 1 N–H and O–H groups in total. The minimum absolute atomic E-state index is 0.286. The monoisotopic (exact) mass is 142 g/mol. The molecule has 0 saturated heterocycles. The number of hydrogen-bond acceptors (Lipinski definition) is 1. The van der Waals surface area contributed by atoms with Gasteiger partial charge in [0.1, 0.15) is 0 Å². The highest BCUT2D eigenvalue weighted by Crippen LogP contribution is 1.96. The molecule has 0 heterocycles. The third kappa shape index (κ3) is 7.21. The summed E-state index contributed by atoms with van der Waals surface area (Å²) in [6, 6.07) is 0. The number of carboxylic acid groups (broad SMARTS) is 1. The highest BCUT2D eigenvalue weighted by molar-refractivity contribution is 5.66. The highest BCUT2D eigenvalue weighted by atomic mass is 16.4. The van der Waals surface area contributed by atoms with Gasteiger partial charge in [0.25, 0.3) is 0 Å². The van der Waals surface area contributed by atoms with E-state index in [2.05, 4.69) is 13.0 Å². The number of carbonyl (C=O) groups is 1. The Morgan fingerprint density at radius 2 is 2.20 bits per heavy atom. The summed E-state index contributed by atoms with van der Waals surface area (Å²) in [5, 5.41) is 8.25. The van der Waals surface area contributed by atoms with Gasteiger partial charge in [-0.2, -0.15) is 0 Å². The van der Waals surface area contributed by atoms with Gasteiger partial charge in [-0.25, -0.2) is 0 Å². The Bertz CT molecular complexity index is 116. The molecule has 2 heteroatoms. The minimum atomic E-state index is -0.704. The van der Waals surface area contributed by atoms with E-state index in [1.165, 1.54) is 0 Å². The molecule has 0 unspecified atom stereocenters. The zero-order chi connectivity index (χ0) is 7.82. The molecular formula is C8H14O2. The number of hydrogen-bond donors (Lipinski definition) is 1. The average Bonchev–Trinajstić information content (AvgIpc) is 1.87. The molecule has 0 aliphatic rings. The number of carboxylic acids is 1. The quantitative estimate of drug-likeness (QED) is 0.472. The SMILES string of the molecule is CC/C=C\CCCC(=O)O. The molecule has 0 radical (unpaired) electrons. The topological polar surface area (TPSA) is 37.3 Å². The van der Waals surface area contributed by atoms with Crippen LogP contribution in [0, 0.1) is 0 Å². The van der Waals surface area contributed by atoms with Gasteiger partial charge < -0.3 is 5.11 Å². The summed E-state index contributed by atoms with van der Waals surface area (Å²) in [6.45, 7) is 2.06. The van der Waals surface area contributed by atoms with Gasteiger partial charge in [0.05, 0.1) is 0 Å². The van der Waals surface area contributed by atoms with E-state index in [-0.39, 0.29) is 6.42 Å². The van der Waals surface area contributed by atoms with Crippen LogP contribution in [0.25, 0.3) is 0 Å². The number of unbranched alkanes of at least 4 members (excludes halogenated alkanes) is 1. The van der Waals surface area contributed by atoms with Gasteiger partial charge in [0, 0.05) is 6.42 Å². The first-order chi connectivity index (χ1) is 4.77. The van der Waals surface area contributed by atoms with Crippen molar-refractivity contribution in [1.82, 2.24) is 0 Å². The summed E-state index contributed by atoms with van der Waals surface area (Å²) in [5.74, 6) is -0.704. The predicted octanol–water partition coefficient (Wildman–Crippen LogP) is 2.21. The Kier molecular flexibility index (Phi) is 5.83. The van der Waals surface area contributed by atoms with E-state index in [0.717, 1.165) is 19.3 Å². The molecule has 58 valence electrons. The molecule has 0 aliphatic heterocycles. The molecule has 0 fully saturated rings. The molecule has 0 spiro atoms. The smallest absolute Gasteiger partial charge is 0.303 e. The van der Waals surface area contributed by atoms with Crippen molar-refractivity contribution in [3.05, 3.63) is 12.2 Å². The third-order valence-electron chi connectivity index (χ3n) is 1.16. The Morgan fingerprint density at radius 3 is 2.70 bits per heavy atom. The second kappa shape index (κ2) is 6.33. The van der Waals surface area contributed by atoms with Crippen molar-refractivity contribution in [2.45, 2.75) is 32.6 Å². The van der Waals surface area contributed by atoms with E-state index >= 15 is 0 Å². The van der Waals surface area contributed by atoms with Crippen molar-refractivity contribution in [1.29, 1.82) is 0 Å².